The van der Waals surface area contributed by atoms with Crippen LogP contribution in [0.1, 0.15) is 19.8 Å². The summed E-state index contributed by atoms with van der Waals surface area (Å²) in [6.07, 6.45) is 1.45. The Balaban J connectivity index is 1.97. The zero-order chi connectivity index (χ0) is 15.5. The van der Waals surface area contributed by atoms with E-state index in [1.807, 2.05) is 6.92 Å². The SMILES string of the molecule is CNC(=O)C1(C)CCN(C(=O)C(=O)N2CCCNCC2)C1. The number of carbonyl (C=O) groups is 3. The van der Waals surface area contributed by atoms with E-state index < -0.39 is 17.2 Å². The van der Waals surface area contributed by atoms with Crippen LogP contribution in [0.4, 0.5) is 0 Å². The van der Waals surface area contributed by atoms with Gasteiger partial charge >= 0.3 is 11.8 Å². The summed E-state index contributed by atoms with van der Waals surface area (Å²) in [5.74, 6) is -1.01. The molecule has 0 aromatic rings. The zero-order valence-corrected chi connectivity index (χ0v) is 12.8. The molecule has 0 radical (unpaired) electrons. The highest BCUT2D eigenvalue weighted by Crippen LogP contribution is 2.30. The van der Waals surface area contributed by atoms with Crippen LogP contribution >= 0.6 is 0 Å². The first-order chi connectivity index (χ1) is 9.98. The molecule has 7 nitrogen and oxygen atoms in total. The maximum atomic E-state index is 12.3. The van der Waals surface area contributed by atoms with Gasteiger partial charge in [0.05, 0.1) is 5.41 Å². The highest BCUT2D eigenvalue weighted by atomic mass is 16.2. The summed E-state index contributed by atoms with van der Waals surface area (Å²) in [5.41, 5.74) is -0.592. The van der Waals surface area contributed by atoms with Crippen molar-refractivity contribution in [3.8, 4) is 0 Å². The van der Waals surface area contributed by atoms with Crippen LogP contribution in [0.25, 0.3) is 0 Å². The van der Waals surface area contributed by atoms with Gasteiger partial charge in [-0.25, -0.2) is 0 Å². The molecule has 2 rings (SSSR count). The minimum absolute atomic E-state index is 0.0794. The largest absolute Gasteiger partial charge is 0.359 e. The molecule has 0 bridgehead atoms. The van der Waals surface area contributed by atoms with Gasteiger partial charge in [-0.05, 0) is 26.3 Å². The summed E-state index contributed by atoms with van der Waals surface area (Å²) in [6, 6.07) is 0. The molecule has 21 heavy (non-hydrogen) atoms. The van der Waals surface area contributed by atoms with E-state index in [4.69, 9.17) is 0 Å². The molecular weight excluding hydrogens is 272 g/mol. The molecular formula is C14H24N4O3. The first-order valence-electron chi connectivity index (χ1n) is 7.49. The van der Waals surface area contributed by atoms with Crippen molar-refractivity contribution in [3.05, 3.63) is 0 Å². The van der Waals surface area contributed by atoms with Gasteiger partial charge in [-0.2, -0.15) is 0 Å². The van der Waals surface area contributed by atoms with Gasteiger partial charge in [0.15, 0.2) is 0 Å². The smallest absolute Gasteiger partial charge is 0.312 e. The van der Waals surface area contributed by atoms with Crippen molar-refractivity contribution in [1.29, 1.82) is 0 Å². The van der Waals surface area contributed by atoms with Crippen LogP contribution in [0.2, 0.25) is 0 Å². The average Bonchev–Trinajstić information content (AvgIpc) is 2.72. The Kier molecular flexibility index (Phi) is 4.82. The first kappa shape index (κ1) is 15.8. The highest BCUT2D eigenvalue weighted by Gasteiger charge is 2.43. The molecule has 0 aliphatic carbocycles. The van der Waals surface area contributed by atoms with E-state index in [9.17, 15) is 14.4 Å². The summed E-state index contributed by atoms with van der Waals surface area (Å²) in [7, 11) is 1.59. The highest BCUT2D eigenvalue weighted by molar-refractivity contribution is 6.35. The molecule has 0 aromatic heterocycles. The summed E-state index contributed by atoms with van der Waals surface area (Å²) in [5, 5.41) is 5.83. The van der Waals surface area contributed by atoms with Crippen LogP contribution in [0, 0.1) is 5.41 Å². The van der Waals surface area contributed by atoms with Gasteiger partial charge < -0.3 is 20.4 Å². The zero-order valence-electron chi connectivity index (χ0n) is 12.8. The van der Waals surface area contributed by atoms with Crippen molar-refractivity contribution in [1.82, 2.24) is 20.4 Å². The van der Waals surface area contributed by atoms with Gasteiger partial charge in [0.1, 0.15) is 0 Å². The third-order valence-corrected chi connectivity index (χ3v) is 4.35. The van der Waals surface area contributed by atoms with Gasteiger partial charge in [-0.3, -0.25) is 14.4 Å². The number of amides is 3. The van der Waals surface area contributed by atoms with Crippen LogP contribution in [0.3, 0.4) is 0 Å². The van der Waals surface area contributed by atoms with Crippen LogP contribution in [-0.4, -0.2) is 73.8 Å². The molecule has 2 heterocycles. The van der Waals surface area contributed by atoms with E-state index in [-0.39, 0.29) is 5.91 Å². The molecule has 7 heteroatoms. The Morgan fingerprint density at radius 3 is 2.48 bits per heavy atom. The fraction of sp³-hybridized carbons (Fsp3) is 0.786. The Morgan fingerprint density at radius 2 is 1.76 bits per heavy atom. The third kappa shape index (κ3) is 3.34. The minimum atomic E-state index is -0.592. The van der Waals surface area contributed by atoms with Gasteiger partial charge in [-0.15, -0.1) is 0 Å². The van der Waals surface area contributed by atoms with Gasteiger partial charge in [0.2, 0.25) is 5.91 Å². The normalized spacial score (nSPS) is 26.4. The Hall–Kier alpha value is -1.63. The average molecular weight is 296 g/mol. The molecule has 1 atom stereocenters. The number of rotatable bonds is 1. The molecule has 118 valence electrons. The van der Waals surface area contributed by atoms with Crippen molar-refractivity contribution < 1.29 is 14.4 Å². The van der Waals surface area contributed by atoms with E-state index >= 15 is 0 Å². The standard InChI is InChI=1S/C14H24N4O3/c1-14(13(21)15-2)4-8-18(10-14)12(20)11(19)17-7-3-5-16-6-9-17/h16H,3-10H2,1-2H3,(H,15,21). The Bertz CT molecular complexity index is 432. The molecule has 3 amide bonds. The molecule has 2 saturated heterocycles. The monoisotopic (exact) mass is 296 g/mol. The van der Waals surface area contributed by atoms with Gasteiger partial charge in [0, 0.05) is 39.8 Å². The van der Waals surface area contributed by atoms with Crippen molar-refractivity contribution >= 4 is 17.7 Å². The second kappa shape index (κ2) is 6.43. The predicted molar refractivity (Wildman–Crippen MR) is 77.4 cm³/mol. The summed E-state index contributed by atoms with van der Waals surface area (Å²) in [4.78, 5) is 39.6. The molecule has 1 unspecified atom stereocenters. The molecule has 0 aromatic carbocycles. The lowest BCUT2D eigenvalue weighted by Gasteiger charge is -2.25. The van der Waals surface area contributed by atoms with E-state index in [0.717, 1.165) is 19.5 Å². The summed E-state index contributed by atoms with van der Waals surface area (Å²) < 4.78 is 0. The van der Waals surface area contributed by atoms with Crippen molar-refractivity contribution in [2.75, 3.05) is 46.3 Å². The summed E-state index contributed by atoms with van der Waals surface area (Å²) in [6.45, 7) is 5.36. The van der Waals surface area contributed by atoms with Crippen LogP contribution in [0.5, 0.6) is 0 Å². The predicted octanol–water partition coefficient (Wildman–Crippen LogP) is -1.21. The maximum Gasteiger partial charge on any atom is 0.312 e. The van der Waals surface area contributed by atoms with E-state index in [0.29, 0.717) is 32.6 Å². The molecule has 0 spiro atoms. The van der Waals surface area contributed by atoms with Crippen LogP contribution in [-0.2, 0) is 14.4 Å². The van der Waals surface area contributed by atoms with Crippen LogP contribution < -0.4 is 10.6 Å². The number of carbonyl (C=O) groups excluding carboxylic acids is 3. The quantitative estimate of drug-likeness (QED) is 0.595. The topological polar surface area (TPSA) is 81.8 Å². The lowest BCUT2D eigenvalue weighted by Crippen LogP contribution is -2.47. The Morgan fingerprint density at radius 1 is 1.05 bits per heavy atom. The second-order valence-electron chi connectivity index (χ2n) is 6.01. The number of nitrogens with zero attached hydrogens (tertiary/aromatic N) is 2. The third-order valence-electron chi connectivity index (χ3n) is 4.35. The molecule has 2 aliphatic rings. The lowest BCUT2D eigenvalue weighted by atomic mass is 9.89. The van der Waals surface area contributed by atoms with E-state index in [1.165, 1.54) is 4.90 Å². The van der Waals surface area contributed by atoms with Crippen molar-refractivity contribution in [2.24, 2.45) is 5.41 Å². The fourth-order valence-electron chi connectivity index (χ4n) is 2.94. The number of hydrogen-bond acceptors (Lipinski definition) is 4. The second-order valence-corrected chi connectivity index (χ2v) is 6.01. The number of hydrogen-bond donors (Lipinski definition) is 2. The van der Waals surface area contributed by atoms with Crippen LogP contribution in [0.15, 0.2) is 0 Å². The van der Waals surface area contributed by atoms with E-state index in [2.05, 4.69) is 10.6 Å². The molecule has 2 N–H and O–H groups in total. The van der Waals surface area contributed by atoms with Crippen molar-refractivity contribution in [2.45, 2.75) is 19.8 Å². The maximum absolute atomic E-state index is 12.3. The molecule has 0 saturated carbocycles. The first-order valence-corrected chi connectivity index (χ1v) is 7.49. The van der Waals surface area contributed by atoms with Crippen molar-refractivity contribution in [3.63, 3.8) is 0 Å². The number of nitrogens with one attached hydrogen (secondary N) is 2. The molecule has 2 aliphatic heterocycles. The molecule has 2 fully saturated rings. The van der Waals surface area contributed by atoms with Gasteiger partial charge in [-0.1, -0.05) is 0 Å². The van der Waals surface area contributed by atoms with E-state index in [1.54, 1.807) is 11.9 Å². The summed E-state index contributed by atoms with van der Waals surface area (Å²) >= 11 is 0. The number of likely N-dealkylation sites (tertiary alicyclic amines) is 1. The lowest BCUT2D eigenvalue weighted by molar-refractivity contribution is -0.151. The fourth-order valence-corrected chi connectivity index (χ4v) is 2.94. The minimum Gasteiger partial charge on any atom is -0.359 e. The Labute approximate surface area is 125 Å². The van der Waals surface area contributed by atoms with Gasteiger partial charge in [0.25, 0.3) is 0 Å².